The van der Waals surface area contributed by atoms with Gasteiger partial charge in [0.1, 0.15) is 45.7 Å². The zero-order valence-electron chi connectivity index (χ0n) is 34.7. The van der Waals surface area contributed by atoms with Gasteiger partial charge >= 0.3 is 0 Å². The summed E-state index contributed by atoms with van der Waals surface area (Å²) in [6.07, 6.45) is 5.28. The number of nitrogens with one attached hydrogen (secondary N) is 1. The molecule has 16 nitrogen and oxygen atoms in total. The number of halogens is 3. The molecule has 2 aromatic carbocycles. The molecule has 0 atom stereocenters. The number of piperidine rings is 2. The summed E-state index contributed by atoms with van der Waals surface area (Å²) in [4.78, 5) is 33.4. The second-order valence-corrected chi connectivity index (χ2v) is 18.9. The number of nitrogens with zero attached hydrogens (tertiary/aromatic N) is 4. The van der Waals surface area contributed by atoms with Crippen LogP contribution in [0.25, 0.3) is 0 Å². The Morgan fingerprint density at radius 2 is 1.11 bits per heavy atom. The highest BCUT2D eigenvalue weighted by molar-refractivity contribution is 7.88. The van der Waals surface area contributed by atoms with Crippen LogP contribution in [0.15, 0.2) is 48.5 Å². The molecule has 7 N–H and O–H groups in total. The lowest BCUT2D eigenvalue weighted by atomic mass is 10.0. The summed E-state index contributed by atoms with van der Waals surface area (Å²) in [5, 5.41) is 3.41. The number of aromatic nitrogens is 2. The Morgan fingerprint density at radius 1 is 0.705 bits per heavy atom. The van der Waals surface area contributed by atoms with Gasteiger partial charge in [0.25, 0.3) is 0 Å². The van der Waals surface area contributed by atoms with Crippen LogP contribution in [-0.4, -0.2) is 112 Å². The number of anilines is 3. The van der Waals surface area contributed by atoms with Crippen LogP contribution in [0, 0.1) is 25.5 Å². The highest BCUT2D eigenvalue weighted by Gasteiger charge is 2.26. The van der Waals surface area contributed by atoms with Crippen molar-refractivity contribution in [2.24, 2.45) is 5.73 Å². The van der Waals surface area contributed by atoms with Crippen LogP contribution in [0.2, 0.25) is 5.15 Å². The Labute approximate surface area is 359 Å². The highest BCUT2D eigenvalue weighted by Crippen LogP contribution is 2.29. The molecule has 4 heterocycles. The largest absolute Gasteiger partial charge is 0.496 e. The lowest BCUT2D eigenvalue weighted by Crippen LogP contribution is -2.42. The van der Waals surface area contributed by atoms with Gasteiger partial charge < -0.3 is 32.0 Å². The molecule has 0 unspecified atom stereocenters. The number of ether oxygens (including phenoxy) is 2. The highest BCUT2D eigenvalue weighted by atomic mass is 35.5. The van der Waals surface area contributed by atoms with Gasteiger partial charge in [-0.15, -0.1) is 0 Å². The number of methoxy groups -OCH3 is 2. The van der Waals surface area contributed by atoms with Gasteiger partial charge in [0.05, 0.1) is 49.0 Å². The minimum atomic E-state index is -3.19. The van der Waals surface area contributed by atoms with Crippen LogP contribution < -0.4 is 32.0 Å². The quantitative estimate of drug-likeness (QED) is 0.126. The monoisotopic (exact) mass is 908 g/mol. The van der Waals surface area contributed by atoms with Crippen molar-refractivity contribution >= 4 is 60.7 Å². The van der Waals surface area contributed by atoms with Crippen LogP contribution in [0.1, 0.15) is 68.7 Å². The number of nitrogens with two attached hydrogens (primary N) is 3. The third-order valence-corrected chi connectivity index (χ3v) is 12.8. The number of hydrogen-bond donors (Lipinski definition) is 4. The molecule has 2 fully saturated rings. The van der Waals surface area contributed by atoms with E-state index < -0.39 is 43.2 Å². The van der Waals surface area contributed by atoms with Crippen LogP contribution >= 0.6 is 11.6 Å². The molecule has 2 aromatic heterocycles. The number of aryl methyl sites for hydroxylation is 2. The number of carbonyl (C=O) groups excluding carboxylic acids is 2. The number of sulfonamides is 2. The maximum Gasteiger partial charge on any atom is 0.211 e. The Hall–Kier alpha value is -4.99. The number of carbonyl (C=O) groups is 2. The fraction of sp³-hybridized carbons (Fsp3) is 0.400. The number of ketones is 2. The summed E-state index contributed by atoms with van der Waals surface area (Å²) in [6, 6.07) is 11.5. The SMILES string of the molecule is COc1cc(C)c(F)cc1C(=O)c1ccc(Cl)nc1N.COc1cc(C)c(F)cc1C(=O)c1ccc(NC2CCN(S(C)(=O)=O)CC2)nc1N.CS(=O)(=O)N1CCC(N)CC1. The van der Waals surface area contributed by atoms with Crippen molar-refractivity contribution in [3.63, 3.8) is 0 Å². The molecule has 0 radical (unpaired) electrons. The topological polar surface area (TPSA) is 243 Å². The number of benzene rings is 2. The van der Waals surface area contributed by atoms with E-state index in [1.54, 1.807) is 19.9 Å². The molecule has 0 spiro atoms. The van der Waals surface area contributed by atoms with E-state index in [-0.39, 0.29) is 62.6 Å². The van der Waals surface area contributed by atoms with E-state index in [4.69, 9.17) is 38.3 Å². The van der Waals surface area contributed by atoms with Crippen molar-refractivity contribution in [3.8, 4) is 11.5 Å². The van der Waals surface area contributed by atoms with Crippen molar-refractivity contribution in [1.82, 2.24) is 18.6 Å². The average molecular weight is 909 g/mol. The maximum atomic E-state index is 14.0. The Balaban J connectivity index is 0.000000226. The molecule has 61 heavy (non-hydrogen) atoms. The number of pyridine rings is 2. The predicted molar refractivity (Wildman–Crippen MR) is 231 cm³/mol. The van der Waals surface area contributed by atoms with E-state index in [1.807, 2.05) is 0 Å². The van der Waals surface area contributed by atoms with Gasteiger partial charge in [0.2, 0.25) is 31.6 Å². The van der Waals surface area contributed by atoms with Crippen molar-refractivity contribution in [3.05, 3.63) is 98.7 Å². The third kappa shape index (κ3) is 13.0. The maximum absolute atomic E-state index is 14.0. The van der Waals surface area contributed by atoms with Gasteiger partial charge in [-0.3, -0.25) is 9.59 Å². The van der Waals surface area contributed by atoms with Crippen LogP contribution in [0.4, 0.5) is 26.2 Å². The zero-order chi connectivity index (χ0) is 45.4. The first kappa shape index (κ1) is 48.7. The van der Waals surface area contributed by atoms with Crippen LogP contribution in [0.5, 0.6) is 11.5 Å². The summed E-state index contributed by atoms with van der Waals surface area (Å²) >= 11 is 5.69. The summed E-state index contributed by atoms with van der Waals surface area (Å²) in [6.45, 7) is 5.20. The average Bonchev–Trinajstić information content (AvgIpc) is 3.19. The molecule has 0 saturated carbocycles. The summed E-state index contributed by atoms with van der Waals surface area (Å²) in [7, 11) is -3.34. The van der Waals surface area contributed by atoms with E-state index in [0.29, 0.717) is 56.0 Å². The molecule has 2 aliphatic rings. The third-order valence-electron chi connectivity index (χ3n) is 10.00. The molecule has 6 rings (SSSR count). The first-order valence-corrected chi connectivity index (χ1v) is 23.0. The normalized spacial score (nSPS) is 15.4. The fourth-order valence-corrected chi connectivity index (χ4v) is 8.33. The number of nitrogen functional groups attached to an aromatic ring is 2. The lowest BCUT2D eigenvalue weighted by Gasteiger charge is -2.31. The molecule has 4 aromatic rings. The van der Waals surface area contributed by atoms with Crippen LogP contribution in [0.3, 0.4) is 0 Å². The van der Waals surface area contributed by atoms with E-state index in [0.717, 1.165) is 25.0 Å². The van der Waals surface area contributed by atoms with Gasteiger partial charge in [-0.05, 0) is 99.2 Å². The minimum Gasteiger partial charge on any atom is -0.496 e. The molecular formula is C40H51ClF2N8O8S2. The molecule has 0 amide bonds. The summed E-state index contributed by atoms with van der Waals surface area (Å²) in [5.74, 6) is -0.914. The fourth-order valence-electron chi connectivity index (χ4n) is 6.43. The molecular weight excluding hydrogens is 858 g/mol. The van der Waals surface area contributed by atoms with Crippen molar-refractivity contribution in [2.75, 3.05) is 69.7 Å². The second kappa shape index (κ2) is 20.7. The molecule has 2 aliphatic heterocycles. The van der Waals surface area contributed by atoms with Crippen molar-refractivity contribution in [1.29, 1.82) is 0 Å². The van der Waals surface area contributed by atoms with Gasteiger partial charge in [-0.2, -0.15) is 0 Å². The lowest BCUT2D eigenvalue weighted by molar-refractivity contribution is 0.102. The molecule has 0 bridgehead atoms. The Kier molecular flexibility index (Phi) is 16.5. The smallest absolute Gasteiger partial charge is 0.211 e. The molecule has 2 saturated heterocycles. The van der Waals surface area contributed by atoms with Crippen LogP contribution in [-0.2, 0) is 20.0 Å². The van der Waals surface area contributed by atoms with Gasteiger partial charge in [0, 0.05) is 38.3 Å². The van der Waals surface area contributed by atoms with Gasteiger partial charge in [0.15, 0.2) is 0 Å². The van der Waals surface area contributed by atoms with Crippen molar-refractivity contribution in [2.45, 2.75) is 51.6 Å². The number of rotatable bonds is 10. The number of hydrogen-bond acceptors (Lipinski definition) is 14. The Morgan fingerprint density at radius 3 is 1.51 bits per heavy atom. The first-order chi connectivity index (χ1) is 28.5. The van der Waals surface area contributed by atoms with E-state index in [9.17, 15) is 35.2 Å². The van der Waals surface area contributed by atoms with Gasteiger partial charge in [-0.1, -0.05) is 11.6 Å². The minimum absolute atomic E-state index is 0.00876. The second-order valence-electron chi connectivity index (χ2n) is 14.5. The predicted octanol–water partition coefficient (Wildman–Crippen LogP) is 4.56. The summed E-state index contributed by atoms with van der Waals surface area (Å²) < 4.78 is 86.1. The molecule has 332 valence electrons. The molecule has 0 aliphatic carbocycles. The van der Waals surface area contributed by atoms with E-state index in [1.165, 1.54) is 65.7 Å². The standard InChI is InChI=1S/C20H25FN4O4S.C14H12ClFN2O2.C6H14N2O2S/c1-12-10-17(29-2)15(11-16(12)21)19(26)14-4-5-18(24-20(14)22)23-13-6-8-25(9-7-13)30(3,27)28;1-7-5-11(20-2)9(6-10(7)16)13(19)8-3-4-12(15)18-14(8)17;1-11(9,10)8-4-2-6(7)3-5-8/h4-5,10-11,13H,6-9H2,1-3H3,(H3,22,23,24);3-6H,1-2H3,(H2,17,18);6H,2-5,7H2,1H3. The van der Waals surface area contributed by atoms with E-state index in [2.05, 4.69) is 15.3 Å². The first-order valence-electron chi connectivity index (χ1n) is 18.9. The van der Waals surface area contributed by atoms with E-state index >= 15 is 0 Å². The van der Waals surface area contributed by atoms with Gasteiger partial charge in [-0.25, -0.2) is 44.2 Å². The van der Waals surface area contributed by atoms with Crippen molar-refractivity contribution < 1.29 is 44.7 Å². The Bertz CT molecular complexity index is 2470. The molecule has 21 heteroatoms. The summed E-state index contributed by atoms with van der Waals surface area (Å²) in [5.41, 5.74) is 18.5. The zero-order valence-corrected chi connectivity index (χ0v) is 37.1.